The standard InChI is InChI=1S/C24H21ClN4OS/c1-15(23(30)29-22-10-8-20(25)14-27-22)31-24-19(13-26)12-18-11-17(7-9-21(18)28-24)16-5-3-2-4-6-16/h2-6,8,10,12,14-15,17H,7,9,11H2,1H3,(H,27,29,30). The number of thioether (sulfide) groups is 1. The van der Waals surface area contributed by atoms with Gasteiger partial charge in [-0.1, -0.05) is 53.7 Å². The molecule has 1 aliphatic carbocycles. The van der Waals surface area contributed by atoms with E-state index in [2.05, 4.69) is 40.6 Å². The van der Waals surface area contributed by atoms with Crippen LogP contribution in [-0.2, 0) is 17.6 Å². The number of nitrogens with zero attached hydrogens (tertiary/aromatic N) is 3. The van der Waals surface area contributed by atoms with Crippen molar-refractivity contribution in [1.29, 1.82) is 5.26 Å². The van der Waals surface area contributed by atoms with E-state index >= 15 is 0 Å². The van der Waals surface area contributed by atoms with E-state index < -0.39 is 5.25 Å². The van der Waals surface area contributed by atoms with Gasteiger partial charge in [0.15, 0.2) is 0 Å². The quantitative estimate of drug-likeness (QED) is 0.529. The fraction of sp³-hybridized carbons (Fsp3) is 0.250. The molecule has 2 heterocycles. The maximum atomic E-state index is 12.6. The number of amides is 1. The summed E-state index contributed by atoms with van der Waals surface area (Å²) in [6, 6.07) is 18.0. The summed E-state index contributed by atoms with van der Waals surface area (Å²) in [6.07, 6.45) is 4.25. The summed E-state index contributed by atoms with van der Waals surface area (Å²) in [4.78, 5) is 21.4. The van der Waals surface area contributed by atoms with Crippen LogP contribution in [0.1, 0.15) is 41.6 Å². The van der Waals surface area contributed by atoms with Gasteiger partial charge < -0.3 is 5.32 Å². The zero-order chi connectivity index (χ0) is 21.8. The fourth-order valence-corrected chi connectivity index (χ4v) is 4.73. The summed E-state index contributed by atoms with van der Waals surface area (Å²) in [6.45, 7) is 1.80. The minimum Gasteiger partial charge on any atom is -0.310 e. The number of carbonyl (C=O) groups is 1. The Labute approximate surface area is 190 Å². The van der Waals surface area contributed by atoms with Crippen LogP contribution < -0.4 is 5.32 Å². The second-order valence-electron chi connectivity index (χ2n) is 7.52. The van der Waals surface area contributed by atoms with Crippen LogP contribution in [0.25, 0.3) is 0 Å². The molecular formula is C24H21ClN4OS. The maximum Gasteiger partial charge on any atom is 0.238 e. The summed E-state index contributed by atoms with van der Waals surface area (Å²) in [7, 11) is 0. The molecule has 3 aromatic rings. The van der Waals surface area contributed by atoms with Crippen LogP contribution in [0, 0.1) is 11.3 Å². The molecule has 0 saturated heterocycles. The lowest BCUT2D eigenvalue weighted by Crippen LogP contribution is -2.23. The first kappa shape index (κ1) is 21.4. The summed E-state index contributed by atoms with van der Waals surface area (Å²) < 4.78 is 0. The van der Waals surface area contributed by atoms with Crippen LogP contribution in [0.15, 0.2) is 59.8 Å². The molecule has 1 aliphatic rings. The van der Waals surface area contributed by atoms with Gasteiger partial charge in [0.2, 0.25) is 5.91 Å². The van der Waals surface area contributed by atoms with Gasteiger partial charge in [0.1, 0.15) is 16.9 Å². The number of rotatable bonds is 5. The number of aryl methyl sites for hydroxylation is 1. The van der Waals surface area contributed by atoms with E-state index in [-0.39, 0.29) is 5.91 Å². The van der Waals surface area contributed by atoms with Crippen molar-refractivity contribution in [2.75, 3.05) is 5.32 Å². The summed E-state index contributed by atoms with van der Waals surface area (Å²) >= 11 is 7.13. The van der Waals surface area contributed by atoms with Crippen molar-refractivity contribution in [1.82, 2.24) is 9.97 Å². The molecule has 0 aliphatic heterocycles. The van der Waals surface area contributed by atoms with Gasteiger partial charge in [-0.15, -0.1) is 0 Å². The highest BCUT2D eigenvalue weighted by atomic mass is 35.5. The molecule has 31 heavy (non-hydrogen) atoms. The van der Waals surface area contributed by atoms with Crippen LogP contribution >= 0.6 is 23.4 Å². The number of benzene rings is 1. The van der Waals surface area contributed by atoms with E-state index in [1.54, 1.807) is 19.1 Å². The Kier molecular flexibility index (Phi) is 6.55. The number of anilines is 1. The number of pyridine rings is 2. The first-order valence-electron chi connectivity index (χ1n) is 10.1. The average molecular weight is 449 g/mol. The van der Waals surface area contributed by atoms with Gasteiger partial charge in [-0.25, -0.2) is 9.97 Å². The molecule has 1 aromatic carbocycles. The lowest BCUT2D eigenvalue weighted by Gasteiger charge is -2.25. The Morgan fingerprint density at radius 2 is 2.10 bits per heavy atom. The van der Waals surface area contributed by atoms with Crippen LogP contribution in [0.2, 0.25) is 5.02 Å². The van der Waals surface area contributed by atoms with Crippen molar-refractivity contribution in [3.8, 4) is 6.07 Å². The Balaban J connectivity index is 1.48. The molecule has 0 radical (unpaired) electrons. The second-order valence-corrected chi connectivity index (χ2v) is 9.29. The topological polar surface area (TPSA) is 78.7 Å². The Morgan fingerprint density at radius 1 is 1.29 bits per heavy atom. The molecule has 0 bridgehead atoms. The maximum absolute atomic E-state index is 12.6. The van der Waals surface area contributed by atoms with Crippen LogP contribution in [0.3, 0.4) is 0 Å². The molecule has 0 spiro atoms. The van der Waals surface area contributed by atoms with Crippen LogP contribution in [0.5, 0.6) is 0 Å². The van der Waals surface area contributed by atoms with Gasteiger partial charge in [-0.3, -0.25) is 4.79 Å². The zero-order valence-electron chi connectivity index (χ0n) is 17.0. The molecule has 1 N–H and O–H groups in total. The van der Waals surface area contributed by atoms with E-state index in [0.29, 0.717) is 27.3 Å². The lowest BCUT2D eigenvalue weighted by molar-refractivity contribution is -0.115. The van der Waals surface area contributed by atoms with E-state index in [1.165, 1.54) is 23.5 Å². The Hall–Kier alpha value is -2.88. The number of halogens is 1. The average Bonchev–Trinajstić information content (AvgIpc) is 2.80. The molecular weight excluding hydrogens is 428 g/mol. The first-order chi connectivity index (χ1) is 15.0. The molecule has 0 fully saturated rings. The third-order valence-corrected chi connectivity index (χ3v) is 6.71. The molecule has 5 nitrogen and oxygen atoms in total. The molecule has 156 valence electrons. The normalized spacial score (nSPS) is 16.1. The van der Waals surface area contributed by atoms with Crippen LogP contribution in [0.4, 0.5) is 5.82 Å². The van der Waals surface area contributed by atoms with Gasteiger partial charge in [0.25, 0.3) is 0 Å². The van der Waals surface area contributed by atoms with Crippen molar-refractivity contribution in [2.45, 2.75) is 42.4 Å². The monoisotopic (exact) mass is 448 g/mol. The minimum atomic E-state index is -0.434. The third-order valence-electron chi connectivity index (χ3n) is 5.38. The van der Waals surface area contributed by atoms with Crippen LogP contribution in [-0.4, -0.2) is 21.1 Å². The van der Waals surface area contributed by atoms with Crippen molar-refractivity contribution < 1.29 is 4.79 Å². The largest absolute Gasteiger partial charge is 0.310 e. The lowest BCUT2D eigenvalue weighted by atomic mass is 9.82. The second kappa shape index (κ2) is 9.51. The SMILES string of the molecule is CC(Sc1nc2c(cc1C#N)CC(c1ccccc1)CC2)C(=O)Nc1ccc(Cl)cn1. The summed E-state index contributed by atoms with van der Waals surface area (Å²) in [5, 5.41) is 13.1. The third kappa shape index (κ3) is 5.07. The predicted molar refractivity (Wildman–Crippen MR) is 123 cm³/mol. The van der Waals surface area contributed by atoms with Crippen molar-refractivity contribution in [3.63, 3.8) is 0 Å². The Morgan fingerprint density at radius 3 is 2.81 bits per heavy atom. The van der Waals surface area contributed by atoms with Gasteiger partial charge in [-0.2, -0.15) is 5.26 Å². The van der Waals surface area contributed by atoms with Crippen molar-refractivity contribution >= 4 is 35.1 Å². The van der Waals surface area contributed by atoms with E-state index in [0.717, 1.165) is 30.5 Å². The number of hydrogen-bond donors (Lipinski definition) is 1. The molecule has 1 amide bonds. The number of nitriles is 1. The van der Waals surface area contributed by atoms with Gasteiger partial charge >= 0.3 is 0 Å². The fourth-order valence-electron chi connectivity index (χ4n) is 3.72. The predicted octanol–water partition coefficient (Wildman–Crippen LogP) is 5.39. The zero-order valence-corrected chi connectivity index (χ0v) is 18.6. The number of nitrogens with one attached hydrogen (secondary N) is 1. The molecule has 2 atom stereocenters. The van der Waals surface area contributed by atoms with E-state index in [1.807, 2.05) is 12.1 Å². The number of carbonyl (C=O) groups excluding carboxylic acids is 1. The van der Waals surface area contributed by atoms with Crippen molar-refractivity contribution in [2.24, 2.45) is 0 Å². The highest BCUT2D eigenvalue weighted by Gasteiger charge is 2.25. The molecule has 4 rings (SSSR count). The molecule has 7 heteroatoms. The molecule has 2 unspecified atom stereocenters. The highest BCUT2D eigenvalue weighted by molar-refractivity contribution is 8.00. The minimum absolute atomic E-state index is 0.202. The number of hydrogen-bond acceptors (Lipinski definition) is 5. The van der Waals surface area contributed by atoms with E-state index in [9.17, 15) is 10.1 Å². The van der Waals surface area contributed by atoms with Gasteiger partial charge in [0, 0.05) is 11.9 Å². The molecule has 2 aromatic heterocycles. The van der Waals surface area contributed by atoms with E-state index in [4.69, 9.17) is 16.6 Å². The van der Waals surface area contributed by atoms with Gasteiger partial charge in [0.05, 0.1) is 15.8 Å². The highest BCUT2D eigenvalue weighted by Crippen LogP contribution is 2.35. The summed E-state index contributed by atoms with van der Waals surface area (Å²) in [5.41, 5.74) is 4.00. The first-order valence-corrected chi connectivity index (χ1v) is 11.4. The van der Waals surface area contributed by atoms with Gasteiger partial charge in [-0.05, 0) is 61.4 Å². The Bertz CT molecular complexity index is 1130. The van der Waals surface area contributed by atoms with Crippen molar-refractivity contribution in [3.05, 3.63) is 82.1 Å². The smallest absolute Gasteiger partial charge is 0.238 e. The number of aromatic nitrogens is 2. The number of fused-ring (bicyclic) bond motifs is 1. The molecule has 0 saturated carbocycles. The summed E-state index contributed by atoms with van der Waals surface area (Å²) in [5.74, 6) is 0.678.